The number of nitrogen functional groups attached to an aromatic ring is 1. The topological polar surface area (TPSA) is 64.3 Å². The molecule has 0 bridgehead atoms. The smallest absolute Gasteiger partial charge is 0.258 e. The van der Waals surface area contributed by atoms with Gasteiger partial charge in [0.2, 0.25) is 0 Å². The molecule has 21 heavy (non-hydrogen) atoms. The largest absolute Gasteiger partial charge is 0.483 e. The highest BCUT2D eigenvalue weighted by Crippen LogP contribution is 2.24. The van der Waals surface area contributed by atoms with Crippen LogP contribution >= 0.6 is 0 Å². The number of anilines is 1. The van der Waals surface area contributed by atoms with Gasteiger partial charge in [0.25, 0.3) is 5.91 Å². The first kappa shape index (κ1) is 15.7. The van der Waals surface area contributed by atoms with Gasteiger partial charge in [-0.05, 0) is 37.8 Å². The molecule has 1 aliphatic carbocycles. The van der Waals surface area contributed by atoms with Crippen molar-refractivity contribution < 1.29 is 9.53 Å². The number of hydrogen-bond donors (Lipinski definition) is 2. The van der Waals surface area contributed by atoms with E-state index in [9.17, 15) is 4.79 Å². The molecule has 0 unspecified atom stereocenters. The van der Waals surface area contributed by atoms with Crippen molar-refractivity contribution in [3.63, 3.8) is 0 Å². The summed E-state index contributed by atoms with van der Waals surface area (Å²) in [6.45, 7) is 3.98. The van der Waals surface area contributed by atoms with E-state index >= 15 is 0 Å². The molecule has 4 heteroatoms. The van der Waals surface area contributed by atoms with Crippen LogP contribution < -0.4 is 15.8 Å². The van der Waals surface area contributed by atoms with Crippen LogP contribution in [0.5, 0.6) is 5.75 Å². The number of aryl methyl sites for hydroxylation is 2. The fourth-order valence-electron chi connectivity index (χ4n) is 2.84. The highest BCUT2D eigenvalue weighted by Gasteiger charge is 2.15. The van der Waals surface area contributed by atoms with Crippen LogP contribution in [0.25, 0.3) is 0 Å². The van der Waals surface area contributed by atoms with Crippen molar-refractivity contribution >= 4 is 11.6 Å². The summed E-state index contributed by atoms with van der Waals surface area (Å²) in [5, 5.41) is 3.08. The Kier molecular flexibility index (Phi) is 5.48. The van der Waals surface area contributed by atoms with Crippen LogP contribution in [0, 0.1) is 13.8 Å². The maximum absolute atomic E-state index is 12.0. The third-order valence-electron chi connectivity index (χ3n) is 4.14. The molecule has 0 saturated heterocycles. The van der Waals surface area contributed by atoms with E-state index in [2.05, 4.69) is 5.32 Å². The van der Waals surface area contributed by atoms with Gasteiger partial charge in [0.05, 0.1) is 0 Å². The van der Waals surface area contributed by atoms with E-state index < -0.39 is 0 Å². The average Bonchev–Trinajstić information content (AvgIpc) is 2.70. The van der Waals surface area contributed by atoms with Crippen molar-refractivity contribution in [2.45, 2.75) is 58.4 Å². The van der Waals surface area contributed by atoms with E-state index in [1.165, 1.54) is 25.7 Å². The summed E-state index contributed by atoms with van der Waals surface area (Å²) in [4.78, 5) is 12.0. The second-order valence-corrected chi connectivity index (χ2v) is 6.02. The van der Waals surface area contributed by atoms with Crippen LogP contribution in [0.3, 0.4) is 0 Å². The molecule has 0 spiro atoms. The Bertz CT molecular complexity index is 492. The van der Waals surface area contributed by atoms with E-state index in [0.29, 0.717) is 17.5 Å². The van der Waals surface area contributed by atoms with Gasteiger partial charge in [-0.2, -0.15) is 0 Å². The summed E-state index contributed by atoms with van der Waals surface area (Å²) >= 11 is 0. The molecule has 1 amide bonds. The number of amides is 1. The molecule has 4 nitrogen and oxygen atoms in total. The Morgan fingerprint density at radius 3 is 2.52 bits per heavy atom. The minimum atomic E-state index is -0.0413. The van der Waals surface area contributed by atoms with E-state index in [1.807, 2.05) is 19.9 Å². The van der Waals surface area contributed by atoms with Crippen molar-refractivity contribution in [3.05, 3.63) is 23.3 Å². The molecular formula is C17H26N2O2. The molecule has 0 radical (unpaired) electrons. The summed E-state index contributed by atoms with van der Waals surface area (Å²) in [5.41, 5.74) is 8.61. The second-order valence-electron chi connectivity index (χ2n) is 6.02. The number of benzene rings is 1. The zero-order chi connectivity index (χ0) is 15.2. The molecule has 0 heterocycles. The summed E-state index contributed by atoms with van der Waals surface area (Å²) in [5.74, 6) is 0.648. The number of carbonyl (C=O) groups excluding carboxylic acids is 1. The third kappa shape index (κ3) is 4.66. The Morgan fingerprint density at radius 2 is 1.86 bits per heavy atom. The first-order valence-electron chi connectivity index (χ1n) is 7.85. The Balaban J connectivity index is 1.84. The maximum atomic E-state index is 12.0. The summed E-state index contributed by atoms with van der Waals surface area (Å²) in [6, 6.07) is 4.09. The Hall–Kier alpha value is -1.71. The first-order chi connectivity index (χ1) is 10.1. The van der Waals surface area contributed by atoms with E-state index in [-0.39, 0.29) is 12.5 Å². The Morgan fingerprint density at radius 1 is 1.19 bits per heavy atom. The van der Waals surface area contributed by atoms with Crippen LogP contribution in [0.4, 0.5) is 5.69 Å². The maximum Gasteiger partial charge on any atom is 0.258 e. The number of nitrogens with two attached hydrogens (primary N) is 1. The number of carbonyl (C=O) groups is 1. The fraction of sp³-hybridized carbons (Fsp3) is 0.588. The standard InChI is InChI=1S/C17H26N2O2/c1-12-9-13(2)16(10-15(12)18)21-11-17(20)19-14-7-5-3-4-6-8-14/h9-10,14H,3-8,11,18H2,1-2H3,(H,19,20). The zero-order valence-corrected chi connectivity index (χ0v) is 13.1. The van der Waals surface area contributed by atoms with Gasteiger partial charge < -0.3 is 15.8 Å². The second kappa shape index (κ2) is 7.34. The van der Waals surface area contributed by atoms with Crippen LogP contribution in [-0.4, -0.2) is 18.6 Å². The Labute approximate surface area is 127 Å². The fourth-order valence-corrected chi connectivity index (χ4v) is 2.84. The highest BCUT2D eigenvalue weighted by atomic mass is 16.5. The van der Waals surface area contributed by atoms with E-state index in [1.54, 1.807) is 6.07 Å². The predicted octanol–water partition coefficient (Wildman–Crippen LogP) is 3.10. The molecule has 1 aliphatic rings. The third-order valence-corrected chi connectivity index (χ3v) is 4.14. The minimum absolute atomic E-state index is 0.0413. The lowest BCUT2D eigenvalue weighted by Crippen LogP contribution is -2.37. The molecule has 2 rings (SSSR count). The lowest BCUT2D eigenvalue weighted by molar-refractivity contribution is -0.123. The van der Waals surface area contributed by atoms with Gasteiger partial charge in [-0.1, -0.05) is 31.7 Å². The number of nitrogens with one attached hydrogen (secondary N) is 1. The first-order valence-corrected chi connectivity index (χ1v) is 7.85. The van der Waals surface area contributed by atoms with Crippen molar-refractivity contribution in [3.8, 4) is 5.75 Å². The normalized spacial score (nSPS) is 16.3. The van der Waals surface area contributed by atoms with E-state index in [4.69, 9.17) is 10.5 Å². The molecule has 3 N–H and O–H groups in total. The molecule has 1 aromatic rings. The van der Waals surface area contributed by atoms with Crippen molar-refractivity contribution in [2.75, 3.05) is 12.3 Å². The van der Waals surface area contributed by atoms with Crippen molar-refractivity contribution in [1.29, 1.82) is 0 Å². The van der Waals surface area contributed by atoms with Gasteiger partial charge in [-0.25, -0.2) is 0 Å². The predicted molar refractivity (Wildman–Crippen MR) is 85.5 cm³/mol. The van der Waals surface area contributed by atoms with Crippen molar-refractivity contribution in [2.24, 2.45) is 0 Å². The summed E-state index contributed by atoms with van der Waals surface area (Å²) in [6.07, 6.45) is 7.15. The van der Waals surface area contributed by atoms with Gasteiger partial charge in [0, 0.05) is 17.8 Å². The van der Waals surface area contributed by atoms with Gasteiger partial charge in [-0.3, -0.25) is 4.79 Å². The lowest BCUT2D eigenvalue weighted by atomic mass is 10.1. The van der Waals surface area contributed by atoms with Gasteiger partial charge in [0.1, 0.15) is 5.75 Å². The van der Waals surface area contributed by atoms with Crippen LogP contribution in [-0.2, 0) is 4.79 Å². The van der Waals surface area contributed by atoms with Crippen LogP contribution in [0.2, 0.25) is 0 Å². The lowest BCUT2D eigenvalue weighted by Gasteiger charge is -2.17. The molecule has 0 aliphatic heterocycles. The molecule has 116 valence electrons. The summed E-state index contributed by atoms with van der Waals surface area (Å²) < 4.78 is 5.62. The molecule has 0 atom stereocenters. The van der Waals surface area contributed by atoms with Gasteiger partial charge in [-0.15, -0.1) is 0 Å². The van der Waals surface area contributed by atoms with Crippen molar-refractivity contribution in [1.82, 2.24) is 5.32 Å². The number of ether oxygens (including phenoxy) is 1. The number of hydrogen-bond acceptors (Lipinski definition) is 3. The van der Waals surface area contributed by atoms with Crippen LogP contribution in [0.15, 0.2) is 12.1 Å². The van der Waals surface area contributed by atoms with Gasteiger partial charge in [0.15, 0.2) is 6.61 Å². The van der Waals surface area contributed by atoms with Gasteiger partial charge >= 0.3 is 0 Å². The monoisotopic (exact) mass is 290 g/mol. The molecule has 1 fully saturated rings. The molecule has 1 saturated carbocycles. The quantitative estimate of drug-likeness (QED) is 0.661. The number of rotatable bonds is 4. The minimum Gasteiger partial charge on any atom is -0.483 e. The van der Waals surface area contributed by atoms with Crippen LogP contribution in [0.1, 0.15) is 49.7 Å². The SMILES string of the molecule is Cc1cc(C)c(OCC(=O)NC2CCCCCC2)cc1N. The molecule has 0 aromatic heterocycles. The zero-order valence-electron chi connectivity index (χ0n) is 13.1. The molecule has 1 aromatic carbocycles. The molecular weight excluding hydrogens is 264 g/mol. The highest BCUT2D eigenvalue weighted by molar-refractivity contribution is 5.78. The average molecular weight is 290 g/mol. The van der Waals surface area contributed by atoms with E-state index in [0.717, 1.165) is 24.0 Å². The summed E-state index contributed by atoms with van der Waals surface area (Å²) in [7, 11) is 0.